The van der Waals surface area contributed by atoms with E-state index in [0.29, 0.717) is 0 Å². The van der Waals surface area contributed by atoms with Crippen LogP contribution in [0.25, 0.3) is 11.0 Å². The van der Waals surface area contributed by atoms with Crippen LogP contribution in [0.1, 0.15) is 38.7 Å². The van der Waals surface area contributed by atoms with Crippen molar-refractivity contribution in [2.24, 2.45) is 5.16 Å². The molecule has 1 aliphatic carbocycles. The zero-order chi connectivity index (χ0) is 19.8. The maximum atomic E-state index is 5.90. The summed E-state index contributed by atoms with van der Waals surface area (Å²) in [6, 6.07) is 10.1. The molecule has 3 heterocycles. The minimum atomic E-state index is -0.220. The normalized spacial score (nSPS) is 23.1. The summed E-state index contributed by atoms with van der Waals surface area (Å²) in [6.45, 7) is 5.60. The summed E-state index contributed by atoms with van der Waals surface area (Å²) < 4.78 is 7.62. The highest BCUT2D eigenvalue weighted by Crippen LogP contribution is 2.46. The highest BCUT2D eigenvalue weighted by molar-refractivity contribution is 6.11. The first kappa shape index (κ1) is 18.1. The number of aromatic nitrogens is 3. The minimum absolute atomic E-state index is 0.220. The number of fused-ring (bicyclic) bond motifs is 1. The van der Waals surface area contributed by atoms with Crippen LogP contribution in [0.2, 0.25) is 0 Å². The van der Waals surface area contributed by atoms with Gasteiger partial charge in [0.05, 0.1) is 29.1 Å². The molecule has 2 aromatic heterocycles. The van der Waals surface area contributed by atoms with E-state index < -0.39 is 0 Å². The molecule has 1 aliphatic heterocycles. The molecular formula is C22H25N5O2. The number of anilines is 2. The summed E-state index contributed by atoms with van der Waals surface area (Å²) in [6.07, 6.45) is 6.59. The SMILES string of the molecule is CCOC1CC2(CC(c3cnc4c(cnn4CC)c3Nc3ccccc3)=NO2)C1. The lowest BCUT2D eigenvalue weighted by atomic mass is 9.74. The van der Waals surface area contributed by atoms with Gasteiger partial charge in [0.25, 0.3) is 0 Å². The second-order valence-electron chi connectivity index (χ2n) is 7.71. The van der Waals surface area contributed by atoms with Gasteiger partial charge in [0.15, 0.2) is 5.65 Å². The Balaban J connectivity index is 1.50. The lowest BCUT2D eigenvalue weighted by Crippen LogP contribution is -2.48. The Kier molecular flexibility index (Phi) is 4.47. The molecule has 1 spiro atoms. The van der Waals surface area contributed by atoms with Crippen molar-refractivity contribution >= 4 is 28.1 Å². The van der Waals surface area contributed by atoms with Gasteiger partial charge in [-0.3, -0.25) is 0 Å². The van der Waals surface area contributed by atoms with E-state index in [9.17, 15) is 0 Å². The standard InChI is InChI=1S/C22H25N5O2/c1-3-27-21-18(14-24-27)20(25-15-8-6-5-7-9-15)17(13-23-21)19-12-22(29-26-19)10-16(11-22)28-4-2/h5-9,13-14,16H,3-4,10-12H2,1-2H3,(H,23,25). The second kappa shape index (κ2) is 7.15. The maximum absolute atomic E-state index is 5.90. The predicted molar refractivity (Wildman–Crippen MR) is 113 cm³/mol. The zero-order valence-corrected chi connectivity index (χ0v) is 16.8. The summed E-state index contributed by atoms with van der Waals surface area (Å²) in [5.74, 6) is 0. The summed E-state index contributed by atoms with van der Waals surface area (Å²) in [5, 5.41) is 13.5. The molecule has 0 unspecified atom stereocenters. The van der Waals surface area contributed by atoms with E-state index in [4.69, 9.17) is 14.6 Å². The molecule has 2 aliphatic rings. The molecule has 1 saturated carbocycles. The molecule has 1 N–H and O–H groups in total. The highest BCUT2D eigenvalue weighted by Gasteiger charge is 2.51. The molecule has 0 radical (unpaired) electrons. The monoisotopic (exact) mass is 391 g/mol. The quantitative estimate of drug-likeness (QED) is 0.680. The van der Waals surface area contributed by atoms with Gasteiger partial charge < -0.3 is 14.9 Å². The van der Waals surface area contributed by atoms with Crippen LogP contribution in [0.15, 0.2) is 47.9 Å². The number of pyridine rings is 1. The Labute approximate surface area is 169 Å². The first-order valence-corrected chi connectivity index (χ1v) is 10.2. The fraction of sp³-hybridized carbons (Fsp3) is 0.409. The molecule has 1 fully saturated rings. The van der Waals surface area contributed by atoms with Crippen molar-refractivity contribution < 1.29 is 9.57 Å². The summed E-state index contributed by atoms with van der Waals surface area (Å²) >= 11 is 0. The number of aryl methyl sites for hydroxylation is 1. The van der Waals surface area contributed by atoms with E-state index in [1.807, 2.05) is 54.3 Å². The van der Waals surface area contributed by atoms with Crippen molar-refractivity contribution in [1.82, 2.24) is 14.8 Å². The van der Waals surface area contributed by atoms with Crippen molar-refractivity contribution in [2.75, 3.05) is 11.9 Å². The molecule has 0 atom stereocenters. The number of para-hydroxylation sites is 1. The Morgan fingerprint density at radius 2 is 2.03 bits per heavy atom. The summed E-state index contributed by atoms with van der Waals surface area (Å²) in [7, 11) is 0. The molecule has 0 bridgehead atoms. The fourth-order valence-corrected chi connectivity index (χ4v) is 4.29. The van der Waals surface area contributed by atoms with Crippen LogP contribution in [-0.2, 0) is 16.1 Å². The fourth-order valence-electron chi connectivity index (χ4n) is 4.29. The Morgan fingerprint density at radius 3 is 2.79 bits per heavy atom. The molecule has 7 heteroatoms. The molecule has 5 rings (SSSR count). The third-order valence-corrected chi connectivity index (χ3v) is 5.76. The minimum Gasteiger partial charge on any atom is -0.388 e. The van der Waals surface area contributed by atoms with Gasteiger partial charge >= 0.3 is 0 Å². The van der Waals surface area contributed by atoms with Gasteiger partial charge in [0.1, 0.15) is 5.60 Å². The van der Waals surface area contributed by atoms with Gasteiger partial charge in [-0.05, 0) is 26.0 Å². The topological polar surface area (TPSA) is 73.6 Å². The van der Waals surface area contributed by atoms with E-state index in [1.54, 1.807) is 0 Å². The van der Waals surface area contributed by atoms with Gasteiger partial charge in [-0.1, -0.05) is 23.4 Å². The predicted octanol–water partition coefficient (Wildman–Crippen LogP) is 4.26. The number of hydrogen-bond donors (Lipinski definition) is 1. The number of hydrogen-bond acceptors (Lipinski definition) is 6. The van der Waals surface area contributed by atoms with Crippen LogP contribution in [0, 0.1) is 0 Å². The first-order chi connectivity index (χ1) is 14.2. The van der Waals surface area contributed by atoms with Crippen LogP contribution in [0.4, 0.5) is 11.4 Å². The van der Waals surface area contributed by atoms with E-state index in [0.717, 1.165) is 66.1 Å². The molecule has 29 heavy (non-hydrogen) atoms. The van der Waals surface area contributed by atoms with Gasteiger partial charge in [-0.2, -0.15) is 5.10 Å². The smallest absolute Gasteiger partial charge is 0.159 e. The van der Waals surface area contributed by atoms with E-state index in [2.05, 4.69) is 22.5 Å². The number of nitrogens with one attached hydrogen (secondary N) is 1. The van der Waals surface area contributed by atoms with Gasteiger partial charge in [-0.25, -0.2) is 9.67 Å². The lowest BCUT2D eigenvalue weighted by Gasteiger charge is -2.41. The molecule has 3 aromatic rings. The maximum Gasteiger partial charge on any atom is 0.159 e. The zero-order valence-electron chi connectivity index (χ0n) is 16.8. The van der Waals surface area contributed by atoms with Crippen LogP contribution < -0.4 is 5.32 Å². The summed E-state index contributed by atoms with van der Waals surface area (Å²) in [4.78, 5) is 10.6. The van der Waals surface area contributed by atoms with Crippen LogP contribution >= 0.6 is 0 Å². The molecule has 150 valence electrons. The molecule has 1 aromatic carbocycles. The number of benzene rings is 1. The lowest BCUT2D eigenvalue weighted by molar-refractivity contribution is -0.156. The third kappa shape index (κ3) is 3.15. The number of rotatable bonds is 6. The van der Waals surface area contributed by atoms with Crippen molar-refractivity contribution in [2.45, 2.75) is 51.4 Å². The Morgan fingerprint density at radius 1 is 1.21 bits per heavy atom. The largest absolute Gasteiger partial charge is 0.388 e. The van der Waals surface area contributed by atoms with Crippen LogP contribution in [0.3, 0.4) is 0 Å². The second-order valence-corrected chi connectivity index (χ2v) is 7.71. The van der Waals surface area contributed by atoms with Crippen molar-refractivity contribution in [3.8, 4) is 0 Å². The van der Waals surface area contributed by atoms with Gasteiger partial charge in [0, 0.05) is 49.9 Å². The van der Waals surface area contributed by atoms with Crippen LogP contribution in [0.5, 0.6) is 0 Å². The number of ether oxygens (including phenoxy) is 1. The third-order valence-electron chi connectivity index (χ3n) is 5.76. The van der Waals surface area contributed by atoms with Crippen molar-refractivity contribution in [3.05, 3.63) is 48.3 Å². The molecule has 0 saturated heterocycles. The van der Waals surface area contributed by atoms with Crippen molar-refractivity contribution in [1.29, 1.82) is 0 Å². The molecule has 7 nitrogen and oxygen atoms in total. The average Bonchev–Trinajstić information content (AvgIpc) is 3.34. The van der Waals surface area contributed by atoms with Crippen LogP contribution in [-0.4, -0.2) is 38.8 Å². The molecule has 0 amide bonds. The van der Waals surface area contributed by atoms with E-state index >= 15 is 0 Å². The van der Waals surface area contributed by atoms with E-state index in [-0.39, 0.29) is 11.7 Å². The number of nitrogens with zero attached hydrogens (tertiary/aromatic N) is 4. The van der Waals surface area contributed by atoms with E-state index in [1.165, 1.54) is 0 Å². The first-order valence-electron chi connectivity index (χ1n) is 10.2. The highest BCUT2D eigenvalue weighted by atomic mass is 16.7. The van der Waals surface area contributed by atoms with Gasteiger partial charge in [-0.15, -0.1) is 0 Å². The molecular weight excluding hydrogens is 366 g/mol. The number of oxime groups is 1. The van der Waals surface area contributed by atoms with Gasteiger partial charge in [0.2, 0.25) is 0 Å². The summed E-state index contributed by atoms with van der Waals surface area (Å²) in [5.41, 5.74) is 4.53. The Hall–Kier alpha value is -2.93. The average molecular weight is 391 g/mol. The Bertz CT molecular complexity index is 1050. The van der Waals surface area contributed by atoms with Crippen molar-refractivity contribution in [3.63, 3.8) is 0 Å².